The molecule has 2 atom stereocenters. The van der Waals surface area contributed by atoms with E-state index in [4.69, 9.17) is 18.9 Å². The Labute approximate surface area is 247 Å². The van der Waals surface area contributed by atoms with E-state index in [-0.39, 0.29) is 71.2 Å². The number of aromatic nitrogens is 2. The smallest absolute Gasteiger partial charge is 0.338 e. The normalized spacial score (nSPS) is 17.2. The van der Waals surface area contributed by atoms with E-state index in [1.54, 1.807) is 48.5 Å². The van der Waals surface area contributed by atoms with Crippen molar-refractivity contribution in [2.75, 3.05) is 26.4 Å². The first-order valence-electron chi connectivity index (χ1n) is 13.9. The minimum absolute atomic E-state index is 0.0149. The predicted molar refractivity (Wildman–Crippen MR) is 156 cm³/mol. The lowest BCUT2D eigenvalue weighted by molar-refractivity contribution is 0.0468. The Bertz CT molecular complexity index is 1950. The minimum atomic E-state index is -0.617. The highest BCUT2D eigenvalue weighted by Crippen LogP contribution is 2.17. The molecule has 2 aromatic heterocycles. The molecule has 2 fully saturated rings. The summed E-state index contributed by atoms with van der Waals surface area (Å²) in [5.41, 5.74) is -0.887. The van der Waals surface area contributed by atoms with E-state index in [1.807, 2.05) is 0 Å². The zero-order chi connectivity index (χ0) is 30.5. The standard InChI is InChI=1S/C32H24N2O10/c35-27-23-9-25-26(30(38)34(29(25)37)12-18-4-2-6-20(8-18)32(40)44-16-22-14-42-22)10-24(23)28(36)33(27)11-17-3-1-5-19(7-17)31(39)43-15-21-13-41-21/h1-10,21-22H,11-16H2. The van der Waals surface area contributed by atoms with E-state index in [0.29, 0.717) is 24.3 Å². The van der Waals surface area contributed by atoms with Gasteiger partial charge in [0.25, 0.3) is 22.2 Å². The van der Waals surface area contributed by atoms with Crippen LogP contribution in [0.2, 0.25) is 0 Å². The number of fused-ring (bicyclic) bond motifs is 2. The summed E-state index contributed by atoms with van der Waals surface area (Å²) in [6.07, 6.45) is -0.162. The van der Waals surface area contributed by atoms with Crippen LogP contribution in [0.4, 0.5) is 0 Å². The van der Waals surface area contributed by atoms with Crippen molar-refractivity contribution in [3.05, 3.63) is 124 Å². The van der Waals surface area contributed by atoms with E-state index in [9.17, 15) is 28.8 Å². The Hall–Kier alpha value is -5.20. The number of carbonyl (C=O) groups excluding carboxylic acids is 2. The van der Waals surface area contributed by atoms with Crippen LogP contribution in [0.1, 0.15) is 31.8 Å². The van der Waals surface area contributed by atoms with Crippen molar-refractivity contribution in [3.8, 4) is 0 Å². The lowest BCUT2D eigenvalue weighted by Crippen LogP contribution is -2.26. The number of rotatable bonds is 10. The van der Waals surface area contributed by atoms with Gasteiger partial charge >= 0.3 is 11.9 Å². The molecule has 12 nitrogen and oxygen atoms in total. The largest absolute Gasteiger partial charge is 0.459 e. The van der Waals surface area contributed by atoms with Gasteiger partial charge in [0.05, 0.1) is 59.0 Å². The lowest BCUT2D eigenvalue weighted by atomic mass is 10.1. The lowest BCUT2D eigenvalue weighted by Gasteiger charge is -2.06. The summed E-state index contributed by atoms with van der Waals surface area (Å²) < 4.78 is 22.5. The number of ether oxygens (including phenoxy) is 4. The van der Waals surface area contributed by atoms with Gasteiger partial charge in [-0.25, -0.2) is 9.59 Å². The molecule has 2 saturated heterocycles. The Morgan fingerprint density at radius 3 is 1.32 bits per heavy atom. The van der Waals surface area contributed by atoms with Crippen LogP contribution >= 0.6 is 0 Å². The van der Waals surface area contributed by atoms with Gasteiger partial charge in [-0.15, -0.1) is 0 Å². The van der Waals surface area contributed by atoms with Gasteiger partial charge in [-0.3, -0.25) is 28.3 Å². The molecule has 0 radical (unpaired) electrons. The summed E-state index contributed by atoms with van der Waals surface area (Å²) in [4.78, 5) is 78.0. The first-order chi connectivity index (χ1) is 21.3. The second-order valence-corrected chi connectivity index (χ2v) is 10.8. The fourth-order valence-electron chi connectivity index (χ4n) is 5.15. The Balaban J connectivity index is 1.17. The molecule has 4 heterocycles. The fourth-order valence-corrected chi connectivity index (χ4v) is 5.15. The van der Waals surface area contributed by atoms with Crippen molar-refractivity contribution in [2.45, 2.75) is 25.3 Å². The van der Waals surface area contributed by atoms with Gasteiger partial charge in [0.15, 0.2) is 0 Å². The molecule has 0 bridgehead atoms. The summed E-state index contributed by atoms with van der Waals surface area (Å²) in [5.74, 6) is -1.09. The molecule has 0 amide bonds. The van der Waals surface area contributed by atoms with Crippen molar-refractivity contribution in [1.29, 1.82) is 0 Å². The molecule has 3 aromatic carbocycles. The average Bonchev–Trinajstić information content (AvgIpc) is 3.97. The maximum absolute atomic E-state index is 13.3. The fraction of sp³-hybridized carbons (Fsp3) is 0.250. The van der Waals surface area contributed by atoms with Crippen LogP contribution in [0.25, 0.3) is 21.5 Å². The number of nitrogens with zero attached hydrogens (tertiary/aromatic N) is 2. The maximum atomic E-state index is 13.3. The van der Waals surface area contributed by atoms with Gasteiger partial charge in [0.1, 0.15) is 25.4 Å². The summed E-state index contributed by atoms with van der Waals surface area (Å²) in [7, 11) is 0. The minimum Gasteiger partial charge on any atom is -0.459 e. The molecule has 5 aromatic rings. The van der Waals surface area contributed by atoms with Gasteiger partial charge in [0.2, 0.25) is 0 Å². The molecule has 0 N–H and O–H groups in total. The number of esters is 2. The summed E-state index contributed by atoms with van der Waals surface area (Å²) in [5, 5.41) is 0.0598. The SMILES string of the molecule is O=C(OCC1CO1)c1cccc(Cn2c(=O)c3cc4c(=O)n(Cc5cccc(C(=O)OCC6CO6)c5)c(=O)c4cc3c2=O)c1. The monoisotopic (exact) mass is 596 g/mol. The molecule has 12 heteroatoms. The number of hydrogen-bond donors (Lipinski definition) is 0. The number of epoxide rings is 2. The molecule has 2 aliphatic rings. The van der Waals surface area contributed by atoms with Gasteiger partial charge in [-0.05, 0) is 47.5 Å². The van der Waals surface area contributed by atoms with Crippen LogP contribution in [-0.2, 0) is 32.0 Å². The van der Waals surface area contributed by atoms with Crippen molar-refractivity contribution < 1.29 is 28.5 Å². The van der Waals surface area contributed by atoms with Crippen LogP contribution in [0.5, 0.6) is 0 Å². The van der Waals surface area contributed by atoms with Gasteiger partial charge < -0.3 is 18.9 Å². The highest BCUT2D eigenvalue weighted by molar-refractivity contribution is 5.98. The van der Waals surface area contributed by atoms with Gasteiger partial charge in [-0.1, -0.05) is 24.3 Å². The third kappa shape index (κ3) is 5.25. The van der Waals surface area contributed by atoms with Crippen LogP contribution in [0, 0.1) is 0 Å². The van der Waals surface area contributed by atoms with E-state index in [1.165, 1.54) is 12.1 Å². The zero-order valence-corrected chi connectivity index (χ0v) is 23.1. The van der Waals surface area contributed by atoms with Crippen molar-refractivity contribution >= 4 is 33.5 Å². The van der Waals surface area contributed by atoms with Gasteiger partial charge in [0, 0.05) is 0 Å². The summed E-state index contributed by atoms with van der Waals surface area (Å²) >= 11 is 0. The van der Waals surface area contributed by atoms with Crippen LogP contribution < -0.4 is 22.2 Å². The van der Waals surface area contributed by atoms with Crippen LogP contribution in [-0.4, -0.2) is 59.7 Å². The van der Waals surface area contributed by atoms with Crippen molar-refractivity contribution in [1.82, 2.24) is 9.13 Å². The molecule has 2 aliphatic heterocycles. The van der Waals surface area contributed by atoms with Crippen LogP contribution in [0.3, 0.4) is 0 Å². The molecular formula is C32H24N2O10. The highest BCUT2D eigenvalue weighted by Gasteiger charge is 2.26. The first kappa shape index (κ1) is 27.6. The van der Waals surface area contributed by atoms with E-state index in [0.717, 1.165) is 9.13 Å². The van der Waals surface area contributed by atoms with Crippen molar-refractivity contribution in [2.24, 2.45) is 0 Å². The Kier molecular flexibility index (Phi) is 6.79. The van der Waals surface area contributed by atoms with E-state index < -0.39 is 34.2 Å². The third-order valence-corrected chi connectivity index (χ3v) is 7.67. The number of benzene rings is 3. The van der Waals surface area contributed by atoms with E-state index in [2.05, 4.69) is 0 Å². The maximum Gasteiger partial charge on any atom is 0.338 e. The third-order valence-electron chi connectivity index (χ3n) is 7.67. The quantitative estimate of drug-likeness (QED) is 0.169. The number of hydrogen-bond acceptors (Lipinski definition) is 10. The molecule has 0 aliphatic carbocycles. The average molecular weight is 597 g/mol. The second kappa shape index (κ2) is 10.8. The number of carbonyl (C=O) groups is 2. The summed E-state index contributed by atoms with van der Waals surface area (Å²) in [6, 6.07) is 15.4. The molecular weight excluding hydrogens is 572 g/mol. The highest BCUT2D eigenvalue weighted by atomic mass is 16.6. The van der Waals surface area contributed by atoms with E-state index >= 15 is 0 Å². The van der Waals surface area contributed by atoms with Crippen molar-refractivity contribution in [3.63, 3.8) is 0 Å². The molecule has 7 rings (SSSR count). The topological polar surface area (TPSA) is 156 Å². The molecule has 44 heavy (non-hydrogen) atoms. The van der Waals surface area contributed by atoms with Crippen LogP contribution in [0.15, 0.2) is 79.8 Å². The van der Waals surface area contributed by atoms with Gasteiger partial charge in [-0.2, -0.15) is 0 Å². The molecule has 0 saturated carbocycles. The molecule has 2 unspecified atom stereocenters. The predicted octanol–water partition coefficient (Wildman–Crippen LogP) is 1.12. The first-order valence-corrected chi connectivity index (χ1v) is 13.9. The molecule has 0 spiro atoms. The Morgan fingerprint density at radius 1 is 0.614 bits per heavy atom. The Morgan fingerprint density at radius 2 is 0.977 bits per heavy atom. The second-order valence-electron chi connectivity index (χ2n) is 10.8. The zero-order valence-electron chi connectivity index (χ0n) is 23.1. The summed E-state index contributed by atoms with van der Waals surface area (Å²) in [6.45, 7) is 1.16. The molecule has 222 valence electrons.